The summed E-state index contributed by atoms with van der Waals surface area (Å²) in [5, 5.41) is 6.81. The summed E-state index contributed by atoms with van der Waals surface area (Å²) in [6, 6.07) is 19.6. The molecule has 5 rings (SSSR count). The van der Waals surface area contributed by atoms with Gasteiger partial charge in [0.15, 0.2) is 5.11 Å². The van der Waals surface area contributed by atoms with Gasteiger partial charge in [-0.3, -0.25) is 9.78 Å². The van der Waals surface area contributed by atoms with Crippen LogP contribution in [0.1, 0.15) is 41.7 Å². The molecule has 194 valence electrons. The number of halogens is 1. The van der Waals surface area contributed by atoms with Crippen molar-refractivity contribution in [3.8, 4) is 11.4 Å². The SMILES string of the molecule is COc1ccc(N2C(=S)NC(c3ccccn3)C2c2cc(C)n(-c3ccccc3F)c2C)cc1NC(C)=O. The van der Waals surface area contributed by atoms with E-state index in [1.807, 2.05) is 59.7 Å². The minimum Gasteiger partial charge on any atom is -0.495 e. The number of pyridine rings is 1. The van der Waals surface area contributed by atoms with Crippen LogP contribution in [-0.4, -0.2) is 27.7 Å². The third-order valence-corrected chi connectivity index (χ3v) is 7.07. The van der Waals surface area contributed by atoms with Gasteiger partial charge < -0.3 is 24.8 Å². The second-order valence-electron chi connectivity index (χ2n) is 9.18. The molecule has 2 aromatic heterocycles. The molecule has 9 heteroatoms. The topological polar surface area (TPSA) is 71.4 Å². The summed E-state index contributed by atoms with van der Waals surface area (Å²) < 4.78 is 22.3. The highest BCUT2D eigenvalue weighted by molar-refractivity contribution is 7.80. The maximum atomic E-state index is 14.9. The maximum Gasteiger partial charge on any atom is 0.221 e. The van der Waals surface area contributed by atoms with Gasteiger partial charge in [0.1, 0.15) is 11.6 Å². The van der Waals surface area contributed by atoms with Gasteiger partial charge in [-0.2, -0.15) is 0 Å². The molecule has 1 saturated heterocycles. The largest absolute Gasteiger partial charge is 0.495 e. The molecule has 2 atom stereocenters. The lowest BCUT2D eigenvalue weighted by Gasteiger charge is -2.29. The van der Waals surface area contributed by atoms with Crippen LogP contribution in [0.15, 0.2) is 72.9 Å². The van der Waals surface area contributed by atoms with Crippen molar-refractivity contribution in [2.24, 2.45) is 0 Å². The average Bonchev–Trinajstić information content (AvgIpc) is 3.39. The highest BCUT2D eigenvalue weighted by Gasteiger charge is 2.42. The van der Waals surface area contributed by atoms with Gasteiger partial charge in [0, 0.05) is 30.2 Å². The molecular weight excluding hydrogens is 501 g/mol. The first kappa shape index (κ1) is 25.4. The molecule has 0 radical (unpaired) electrons. The normalized spacial score (nSPS) is 16.9. The first-order valence-electron chi connectivity index (χ1n) is 12.2. The summed E-state index contributed by atoms with van der Waals surface area (Å²) in [4.78, 5) is 18.5. The zero-order valence-electron chi connectivity index (χ0n) is 21.5. The van der Waals surface area contributed by atoms with Crippen molar-refractivity contribution < 1.29 is 13.9 Å². The quantitative estimate of drug-likeness (QED) is 0.309. The molecule has 1 aliphatic rings. The van der Waals surface area contributed by atoms with Gasteiger partial charge in [-0.05, 0) is 80.2 Å². The number of para-hydroxylation sites is 1. The second-order valence-corrected chi connectivity index (χ2v) is 9.56. The van der Waals surface area contributed by atoms with Gasteiger partial charge in [0.2, 0.25) is 5.91 Å². The van der Waals surface area contributed by atoms with Crippen LogP contribution in [0.3, 0.4) is 0 Å². The van der Waals surface area contributed by atoms with Crippen molar-refractivity contribution >= 4 is 34.6 Å². The molecule has 0 spiro atoms. The number of benzene rings is 2. The van der Waals surface area contributed by atoms with Crippen LogP contribution >= 0.6 is 12.2 Å². The van der Waals surface area contributed by atoms with E-state index in [1.165, 1.54) is 13.0 Å². The third kappa shape index (κ3) is 4.50. The van der Waals surface area contributed by atoms with E-state index in [-0.39, 0.29) is 23.8 Å². The average molecular weight is 530 g/mol. The van der Waals surface area contributed by atoms with Crippen molar-refractivity contribution in [1.82, 2.24) is 14.9 Å². The fourth-order valence-corrected chi connectivity index (χ4v) is 5.52. The summed E-state index contributed by atoms with van der Waals surface area (Å²) in [5.74, 6) is 0.0330. The Hall–Kier alpha value is -4.24. The number of aryl methyl sites for hydroxylation is 1. The number of anilines is 2. The molecule has 1 fully saturated rings. The Balaban J connectivity index is 1.69. The number of thiocarbonyl (C=S) groups is 1. The van der Waals surface area contributed by atoms with E-state index >= 15 is 0 Å². The van der Waals surface area contributed by atoms with Crippen LogP contribution in [0.5, 0.6) is 5.75 Å². The maximum absolute atomic E-state index is 14.9. The number of amides is 1. The van der Waals surface area contributed by atoms with Gasteiger partial charge in [0.05, 0.1) is 36.3 Å². The fourth-order valence-electron chi connectivity index (χ4n) is 5.17. The molecule has 0 bridgehead atoms. The smallest absolute Gasteiger partial charge is 0.221 e. The minimum atomic E-state index is -0.303. The monoisotopic (exact) mass is 529 g/mol. The van der Waals surface area contributed by atoms with E-state index in [1.54, 1.807) is 31.5 Å². The van der Waals surface area contributed by atoms with Gasteiger partial charge in [-0.25, -0.2) is 4.39 Å². The van der Waals surface area contributed by atoms with E-state index in [0.29, 0.717) is 22.2 Å². The Labute approximate surface area is 226 Å². The number of aromatic nitrogens is 2. The highest BCUT2D eigenvalue weighted by Crippen LogP contribution is 2.45. The molecule has 2 unspecified atom stereocenters. The number of hydrogen-bond acceptors (Lipinski definition) is 4. The number of carbonyl (C=O) groups excluding carboxylic acids is 1. The molecular formula is C29H28FN5O2S. The van der Waals surface area contributed by atoms with Crippen molar-refractivity contribution in [2.45, 2.75) is 32.9 Å². The van der Waals surface area contributed by atoms with Crippen LogP contribution in [0.4, 0.5) is 15.8 Å². The predicted octanol–water partition coefficient (Wildman–Crippen LogP) is 5.77. The summed E-state index contributed by atoms with van der Waals surface area (Å²) in [6.45, 7) is 5.40. The van der Waals surface area contributed by atoms with Gasteiger partial charge in [0.25, 0.3) is 0 Å². The van der Waals surface area contributed by atoms with E-state index < -0.39 is 0 Å². The summed E-state index contributed by atoms with van der Waals surface area (Å²) in [7, 11) is 1.56. The lowest BCUT2D eigenvalue weighted by molar-refractivity contribution is -0.114. The van der Waals surface area contributed by atoms with Crippen molar-refractivity contribution in [2.75, 3.05) is 17.3 Å². The number of ether oxygens (including phenoxy) is 1. The van der Waals surface area contributed by atoms with E-state index in [9.17, 15) is 9.18 Å². The number of nitrogens with zero attached hydrogens (tertiary/aromatic N) is 3. The Morgan fingerprint density at radius 1 is 1.11 bits per heavy atom. The van der Waals surface area contributed by atoms with Crippen molar-refractivity contribution in [3.63, 3.8) is 0 Å². The Bertz CT molecular complexity index is 1520. The lowest BCUT2D eigenvalue weighted by atomic mass is 9.96. The molecule has 0 aliphatic carbocycles. The van der Waals surface area contributed by atoms with Crippen molar-refractivity contribution in [1.29, 1.82) is 0 Å². The standard InChI is InChI=1S/C29H28FN5O2S/c1-17-15-21(18(2)34(17)25-11-6-5-9-22(25)30)28-27(23-10-7-8-14-31-23)33-29(38)35(28)20-12-13-26(37-4)24(16-20)32-19(3)36/h5-16,27-28H,1-4H3,(H,32,36)(H,33,38). The predicted molar refractivity (Wildman–Crippen MR) is 150 cm³/mol. The molecule has 2 N–H and O–H groups in total. The lowest BCUT2D eigenvalue weighted by Crippen LogP contribution is -2.29. The fraction of sp³-hybridized carbons (Fsp3) is 0.207. The highest BCUT2D eigenvalue weighted by atomic mass is 32.1. The van der Waals surface area contributed by atoms with Gasteiger partial charge in [-0.15, -0.1) is 0 Å². The third-order valence-electron chi connectivity index (χ3n) is 6.75. The molecule has 38 heavy (non-hydrogen) atoms. The van der Waals surface area contributed by atoms with Crippen LogP contribution < -0.4 is 20.3 Å². The Kier molecular flexibility index (Phi) is 6.86. The Morgan fingerprint density at radius 2 is 1.87 bits per heavy atom. The summed E-state index contributed by atoms with van der Waals surface area (Å²) in [6.07, 6.45) is 1.75. The van der Waals surface area contributed by atoms with E-state index in [2.05, 4.69) is 21.7 Å². The number of methoxy groups -OCH3 is 1. The number of nitrogens with one attached hydrogen (secondary N) is 2. The van der Waals surface area contributed by atoms with E-state index in [4.69, 9.17) is 17.0 Å². The summed E-state index contributed by atoms with van der Waals surface area (Å²) in [5.41, 5.74) is 5.39. The van der Waals surface area contributed by atoms with Crippen LogP contribution in [-0.2, 0) is 4.79 Å². The first-order valence-corrected chi connectivity index (χ1v) is 12.6. The minimum absolute atomic E-state index is 0.209. The molecule has 2 aromatic carbocycles. The zero-order chi connectivity index (χ0) is 27.0. The zero-order valence-corrected chi connectivity index (χ0v) is 22.3. The first-order chi connectivity index (χ1) is 18.3. The van der Waals surface area contributed by atoms with Crippen LogP contribution in [0.2, 0.25) is 0 Å². The molecule has 1 aliphatic heterocycles. The van der Waals surface area contributed by atoms with E-state index in [0.717, 1.165) is 28.3 Å². The molecule has 3 heterocycles. The second kappa shape index (κ2) is 10.3. The molecule has 0 saturated carbocycles. The van der Waals surface area contributed by atoms with Gasteiger partial charge in [-0.1, -0.05) is 18.2 Å². The number of rotatable bonds is 6. The number of hydrogen-bond donors (Lipinski definition) is 2. The van der Waals surface area contributed by atoms with Crippen LogP contribution in [0, 0.1) is 19.7 Å². The van der Waals surface area contributed by atoms with Gasteiger partial charge >= 0.3 is 0 Å². The number of carbonyl (C=O) groups is 1. The molecule has 7 nitrogen and oxygen atoms in total. The van der Waals surface area contributed by atoms with Crippen molar-refractivity contribution in [3.05, 3.63) is 101 Å². The molecule has 1 amide bonds. The molecule has 4 aromatic rings. The summed E-state index contributed by atoms with van der Waals surface area (Å²) >= 11 is 5.87. The Morgan fingerprint density at radius 3 is 2.55 bits per heavy atom. The van der Waals surface area contributed by atoms with Crippen LogP contribution in [0.25, 0.3) is 5.69 Å².